The molecule has 0 saturated carbocycles. The highest BCUT2D eigenvalue weighted by atomic mass is 35.5. The number of nitrogens with zero attached hydrogens (tertiary/aromatic N) is 7. The fourth-order valence-electron chi connectivity index (χ4n) is 7.84. The minimum absolute atomic E-state index is 0.0901. The minimum atomic E-state index is -0.975. The molecule has 290 valence electrons. The second kappa shape index (κ2) is 15.6. The van der Waals surface area contributed by atoms with E-state index < -0.39 is 29.7 Å². The molecule has 8 rings (SSSR count). The summed E-state index contributed by atoms with van der Waals surface area (Å²) in [5.74, 6) is 0.352. The monoisotopic (exact) mass is 796 g/mol. The molecule has 15 nitrogen and oxygen atoms in total. The SMILES string of the molecule is Cc1nc(Nc2ncc(C(=O)Nc3c(C)cccc3Cl)s2)cc(N2CCN(CC3CCN(c4ccc5c(c4)C(=O)N(C4CCC(=O)NC4=O)C5=O)CC3)CC2)n1. The third-order valence-corrected chi connectivity index (χ3v) is 12.1. The lowest BCUT2D eigenvalue weighted by molar-refractivity contribution is -0.136. The van der Waals surface area contributed by atoms with Gasteiger partial charge >= 0.3 is 0 Å². The lowest BCUT2D eigenvalue weighted by atomic mass is 9.95. The van der Waals surface area contributed by atoms with Crippen molar-refractivity contribution in [2.75, 3.05) is 66.2 Å². The summed E-state index contributed by atoms with van der Waals surface area (Å²) in [4.78, 5) is 85.6. The number of halogens is 1. The van der Waals surface area contributed by atoms with Gasteiger partial charge in [0.2, 0.25) is 11.8 Å². The molecule has 56 heavy (non-hydrogen) atoms. The summed E-state index contributed by atoms with van der Waals surface area (Å²) in [6, 6.07) is 11.7. The first kappa shape index (κ1) is 37.5. The van der Waals surface area contributed by atoms with Gasteiger partial charge in [0.15, 0.2) is 5.13 Å². The fraction of sp³-hybridized carbons (Fsp3) is 0.385. The number of imide groups is 2. The highest BCUT2D eigenvalue weighted by Gasteiger charge is 2.45. The van der Waals surface area contributed by atoms with Gasteiger partial charge in [-0.2, -0.15) is 0 Å². The number of carbonyl (C=O) groups excluding carboxylic acids is 5. The lowest BCUT2D eigenvalue weighted by Crippen LogP contribution is -2.54. The predicted molar refractivity (Wildman–Crippen MR) is 213 cm³/mol. The van der Waals surface area contributed by atoms with E-state index in [0.29, 0.717) is 49.4 Å². The van der Waals surface area contributed by atoms with Crippen LogP contribution in [-0.2, 0) is 9.59 Å². The number of thiazole rings is 1. The smallest absolute Gasteiger partial charge is 0.267 e. The molecule has 0 aliphatic carbocycles. The second-order valence-corrected chi connectivity index (χ2v) is 16.0. The van der Waals surface area contributed by atoms with Crippen LogP contribution in [0.5, 0.6) is 0 Å². The highest BCUT2D eigenvalue weighted by Crippen LogP contribution is 2.33. The number of anilines is 5. The first-order chi connectivity index (χ1) is 27.0. The van der Waals surface area contributed by atoms with Gasteiger partial charge in [-0.1, -0.05) is 35.1 Å². The Kier molecular flexibility index (Phi) is 10.4. The van der Waals surface area contributed by atoms with E-state index in [1.54, 1.807) is 18.2 Å². The summed E-state index contributed by atoms with van der Waals surface area (Å²) < 4.78 is 0. The van der Waals surface area contributed by atoms with Gasteiger partial charge in [0, 0.05) is 64.0 Å². The number of aromatic nitrogens is 3. The first-order valence-corrected chi connectivity index (χ1v) is 19.9. The molecule has 0 spiro atoms. The van der Waals surface area contributed by atoms with Crippen LogP contribution in [0.4, 0.5) is 28.1 Å². The molecule has 1 unspecified atom stereocenters. The third-order valence-electron chi connectivity index (χ3n) is 10.9. The molecule has 3 fully saturated rings. The van der Waals surface area contributed by atoms with E-state index in [4.69, 9.17) is 16.6 Å². The molecule has 0 bridgehead atoms. The molecule has 2 aromatic carbocycles. The van der Waals surface area contributed by atoms with Crippen LogP contribution in [0.1, 0.15) is 67.5 Å². The molecular weight excluding hydrogens is 756 g/mol. The average molecular weight is 797 g/mol. The Morgan fingerprint density at radius 2 is 1.68 bits per heavy atom. The zero-order valence-corrected chi connectivity index (χ0v) is 32.6. The van der Waals surface area contributed by atoms with Crippen molar-refractivity contribution in [2.24, 2.45) is 5.92 Å². The maximum Gasteiger partial charge on any atom is 0.267 e. The summed E-state index contributed by atoms with van der Waals surface area (Å²) in [6.45, 7) is 9.91. The average Bonchev–Trinajstić information content (AvgIpc) is 3.75. The molecule has 2 aromatic heterocycles. The zero-order chi connectivity index (χ0) is 39.1. The molecule has 0 radical (unpaired) electrons. The molecule has 6 heterocycles. The number of aryl methyl sites for hydroxylation is 2. The maximum atomic E-state index is 13.3. The molecular formula is C39H41ClN10O5S. The second-order valence-electron chi connectivity index (χ2n) is 14.6. The number of para-hydroxylation sites is 1. The Labute approximate surface area is 332 Å². The maximum absolute atomic E-state index is 13.3. The molecule has 3 saturated heterocycles. The number of hydrogen-bond donors (Lipinski definition) is 3. The van der Waals surface area contributed by atoms with Gasteiger partial charge < -0.3 is 20.4 Å². The van der Waals surface area contributed by atoms with Crippen LogP contribution >= 0.6 is 22.9 Å². The van der Waals surface area contributed by atoms with E-state index in [9.17, 15) is 24.0 Å². The van der Waals surface area contributed by atoms with Gasteiger partial charge in [0.05, 0.1) is 28.0 Å². The fourth-order valence-corrected chi connectivity index (χ4v) is 8.83. The van der Waals surface area contributed by atoms with E-state index in [1.807, 2.05) is 38.1 Å². The molecule has 3 N–H and O–H groups in total. The Hall–Kier alpha value is -5.45. The summed E-state index contributed by atoms with van der Waals surface area (Å²) >= 11 is 7.53. The Bertz CT molecular complexity index is 2210. The van der Waals surface area contributed by atoms with Crippen molar-refractivity contribution in [1.82, 2.24) is 30.1 Å². The van der Waals surface area contributed by atoms with Crippen LogP contribution in [0.25, 0.3) is 0 Å². The summed E-state index contributed by atoms with van der Waals surface area (Å²) in [7, 11) is 0. The largest absolute Gasteiger partial charge is 0.371 e. The Morgan fingerprint density at radius 1 is 0.911 bits per heavy atom. The highest BCUT2D eigenvalue weighted by molar-refractivity contribution is 7.17. The van der Waals surface area contributed by atoms with Gasteiger partial charge in [0.25, 0.3) is 17.7 Å². The van der Waals surface area contributed by atoms with Crippen LogP contribution < -0.4 is 25.8 Å². The van der Waals surface area contributed by atoms with E-state index in [-0.39, 0.29) is 18.7 Å². The number of amides is 5. The Balaban J connectivity index is 0.817. The molecule has 4 aliphatic rings. The number of nitrogens with one attached hydrogen (secondary N) is 3. The summed E-state index contributed by atoms with van der Waals surface area (Å²) in [6.07, 6.45) is 3.77. The van der Waals surface area contributed by atoms with Crippen LogP contribution in [0.2, 0.25) is 5.02 Å². The van der Waals surface area contributed by atoms with E-state index in [2.05, 4.69) is 40.6 Å². The quantitative estimate of drug-likeness (QED) is 0.201. The summed E-state index contributed by atoms with van der Waals surface area (Å²) in [5.41, 5.74) is 2.94. The van der Waals surface area contributed by atoms with Gasteiger partial charge in [-0.05, 0) is 68.9 Å². The van der Waals surface area contributed by atoms with Crippen molar-refractivity contribution in [3.05, 3.63) is 81.1 Å². The van der Waals surface area contributed by atoms with Crippen molar-refractivity contribution in [1.29, 1.82) is 0 Å². The van der Waals surface area contributed by atoms with Crippen molar-refractivity contribution in [3.8, 4) is 0 Å². The number of piperazine rings is 1. The topological polar surface area (TPSA) is 173 Å². The molecule has 17 heteroatoms. The van der Waals surface area contributed by atoms with Gasteiger partial charge in [-0.15, -0.1) is 0 Å². The lowest BCUT2D eigenvalue weighted by Gasteiger charge is -2.39. The standard InChI is InChI=1S/C39H41ClN10O5S/c1-22-4-3-5-28(40)34(22)46-36(53)30-20-41-39(56-30)44-31-19-32(43-23(2)42-31)49-16-14-47(15-17-49)21-24-10-12-48(13-11-24)25-6-7-26-27(18-25)38(55)50(37(26)54)29-8-9-33(51)45-35(29)52/h3-7,18-20,24,29H,8-17,21H2,1-2H3,(H,46,53)(H,45,51,52)(H,41,42,43,44). The van der Waals surface area contributed by atoms with E-state index in [1.165, 1.54) is 17.5 Å². The van der Waals surface area contributed by atoms with Crippen molar-refractivity contribution < 1.29 is 24.0 Å². The predicted octanol–water partition coefficient (Wildman–Crippen LogP) is 4.64. The number of carbonyl (C=O) groups is 5. The van der Waals surface area contributed by atoms with Crippen LogP contribution in [0.15, 0.2) is 48.7 Å². The number of benzene rings is 2. The molecule has 5 amide bonds. The molecule has 4 aliphatic heterocycles. The minimum Gasteiger partial charge on any atom is -0.371 e. The van der Waals surface area contributed by atoms with Crippen LogP contribution in [-0.4, -0.2) is 106 Å². The van der Waals surface area contributed by atoms with Gasteiger partial charge in [-0.25, -0.2) is 15.0 Å². The van der Waals surface area contributed by atoms with E-state index >= 15 is 0 Å². The Morgan fingerprint density at radius 3 is 2.43 bits per heavy atom. The number of piperidine rings is 2. The zero-order valence-electron chi connectivity index (χ0n) is 31.0. The van der Waals surface area contributed by atoms with Gasteiger partial charge in [-0.3, -0.25) is 39.1 Å². The van der Waals surface area contributed by atoms with Crippen molar-refractivity contribution >= 4 is 80.6 Å². The van der Waals surface area contributed by atoms with Crippen LogP contribution in [0, 0.1) is 19.8 Å². The first-order valence-electron chi connectivity index (χ1n) is 18.7. The molecule has 1 atom stereocenters. The molecule has 4 aromatic rings. The normalized spacial score (nSPS) is 19.3. The number of rotatable bonds is 9. The number of hydrogen-bond acceptors (Lipinski definition) is 13. The third kappa shape index (κ3) is 7.68. The summed E-state index contributed by atoms with van der Waals surface area (Å²) in [5, 5.41) is 9.40. The van der Waals surface area contributed by atoms with Crippen molar-refractivity contribution in [3.63, 3.8) is 0 Å². The van der Waals surface area contributed by atoms with E-state index in [0.717, 1.165) is 80.6 Å². The van der Waals surface area contributed by atoms with Crippen molar-refractivity contribution in [2.45, 2.75) is 45.6 Å². The van der Waals surface area contributed by atoms with Crippen LogP contribution in [0.3, 0.4) is 0 Å². The number of fused-ring (bicyclic) bond motifs is 1. The van der Waals surface area contributed by atoms with Gasteiger partial charge in [0.1, 0.15) is 28.4 Å².